The van der Waals surface area contributed by atoms with Crippen LogP contribution in [0.1, 0.15) is 12.8 Å². The zero-order chi connectivity index (χ0) is 20.9. The van der Waals surface area contributed by atoms with Crippen LogP contribution in [0.4, 0.5) is 0 Å². The van der Waals surface area contributed by atoms with Crippen molar-refractivity contribution in [3.8, 4) is 11.6 Å². The molecule has 0 unspecified atom stereocenters. The highest BCUT2D eigenvalue weighted by atomic mass is 32.2. The Morgan fingerprint density at radius 2 is 2.14 bits per heavy atom. The molecule has 156 valence electrons. The minimum absolute atomic E-state index is 0.00547. The number of hydrogen-bond donors (Lipinski definition) is 2. The van der Waals surface area contributed by atoms with E-state index in [4.69, 9.17) is 4.42 Å². The molecule has 3 heterocycles. The lowest BCUT2D eigenvalue weighted by molar-refractivity contribution is -0.128. The number of carbonyl (C=O) groups is 2. The summed E-state index contributed by atoms with van der Waals surface area (Å²) in [7, 11) is -3.03. The molecule has 2 amide bonds. The molecular formula is C17H21N5O5S2. The lowest BCUT2D eigenvalue weighted by Gasteiger charge is -2.10. The molecule has 2 aromatic heterocycles. The number of carbonyl (C=O) groups excluding carboxylic acids is 2. The zero-order valence-corrected chi connectivity index (χ0v) is 17.2. The van der Waals surface area contributed by atoms with Crippen LogP contribution in [-0.2, 0) is 26.0 Å². The monoisotopic (exact) mass is 439 g/mol. The van der Waals surface area contributed by atoms with Crippen molar-refractivity contribution < 1.29 is 22.4 Å². The number of rotatable bonds is 8. The van der Waals surface area contributed by atoms with Crippen LogP contribution in [0.15, 0.2) is 40.6 Å². The van der Waals surface area contributed by atoms with Crippen LogP contribution in [0.2, 0.25) is 0 Å². The molecule has 1 saturated heterocycles. The maximum atomic E-state index is 12.0. The average molecular weight is 440 g/mol. The predicted octanol–water partition coefficient (Wildman–Crippen LogP) is 0.788. The van der Waals surface area contributed by atoms with E-state index >= 15 is 0 Å². The molecule has 1 aliphatic rings. The number of nitrogens with one attached hydrogen (secondary N) is 2. The quantitative estimate of drug-likeness (QED) is 0.350. The molecule has 2 N–H and O–H groups in total. The molecule has 0 spiro atoms. The number of amides is 2. The summed E-state index contributed by atoms with van der Waals surface area (Å²) in [6.45, 7) is 4.15. The van der Waals surface area contributed by atoms with Gasteiger partial charge in [-0.15, -0.1) is 16.8 Å². The Morgan fingerprint density at radius 1 is 1.34 bits per heavy atom. The molecule has 1 aliphatic heterocycles. The molecule has 0 bridgehead atoms. The standard InChI is InChI=1S/C17H21N5O5S2/c1-2-6-22-16(13-4-3-7-27-13)20-21-17(22)28-10-15(24)19-18-14(23)9-12-5-8-29(25,26)11-12/h2-4,7,12H,1,5-6,8-11H2,(H,18,23)(H,19,24)/t12-/m0/s1. The van der Waals surface area contributed by atoms with Gasteiger partial charge in [-0.05, 0) is 24.5 Å². The van der Waals surface area contributed by atoms with E-state index in [0.717, 1.165) is 11.8 Å². The van der Waals surface area contributed by atoms with Gasteiger partial charge in [0, 0.05) is 13.0 Å². The Bertz CT molecular complexity index is 984. The van der Waals surface area contributed by atoms with Gasteiger partial charge in [0.25, 0.3) is 0 Å². The molecule has 1 fully saturated rings. The van der Waals surface area contributed by atoms with Crippen LogP contribution < -0.4 is 10.9 Å². The van der Waals surface area contributed by atoms with E-state index in [1.54, 1.807) is 22.8 Å². The van der Waals surface area contributed by atoms with E-state index < -0.39 is 21.7 Å². The Labute approximate surface area is 172 Å². The molecule has 0 aliphatic carbocycles. The third kappa shape index (κ3) is 5.70. The normalized spacial score (nSPS) is 17.7. The van der Waals surface area contributed by atoms with Crippen LogP contribution in [0, 0.1) is 5.92 Å². The molecule has 12 heteroatoms. The third-order valence-electron chi connectivity index (χ3n) is 4.24. The van der Waals surface area contributed by atoms with E-state index in [1.807, 2.05) is 0 Å². The van der Waals surface area contributed by atoms with E-state index in [-0.39, 0.29) is 29.6 Å². The number of thioether (sulfide) groups is 1. The van der Waals surface area contributed by atoms with Crippen molar-refractivity contribution in [2.24, 2.45) is 5.92 Å². The second-order valence-electron chi connectivity index (χ2n) is 6.54. The molecule has 29 heavy (non-hydrogen) atoms. The first kappa shape index (κ1) is 21.1. The SMILES string of the molecule is C=CCn1c(SCC(=O)NNC(=O)C[C@@H]2CCS(=O)(=O)C2)nnc1-c1ccco1. The van der Waals surface area contributed by atoms with Crippen LogP contribution in [-0.4, -0.2) is 52.3 Å². The van der Waals surface area contributed by atoms with Crippen LogP contribution in [0.3, 0.4) is 0 Å². The topological polar surface area (TPSA) is 136 Å². The summed E-state index contributed by atoms with van der Waals surface area (Å²) in [5.41, 5.74) is 4.65. The fourth-order valence-corrected chi connectivity index (χ4v) is 5.54. The second kappa shape index (κ2) is 9.27. The van der Waals surface area contributed by atoms with Gasteiger partial charge in [-0.3, -0.25) is 25.0 Å². The molecule has 2 aromatic rings. The van der Waals surface area contributed by atoms with Gasteiger partial charge in [0.05, 0.1) is 23.5 Å². The van der Waals surface area contributed by atoms with Crippen molar-refractivity contribution in [3.05, 3.63) is 31.1 Å². The lowest BCUT2D eigenvalue weighted by atomic mass is 10.1. The van der Waals surface area contributed by atoms with Crippen LogP contribution in [0.5, 0.6) is 0 Å². The van der Waals surface area contributed by atoms with Crippen molar-refractivity contribution in [2.75, 3.05) is 17.3 Å². The molecule has 0 radical (unpaired) electrons. The smallest absolute Gasteiger partial charge is 0.248 e. The highest BCUT2D eigenvalue weighted by Crippen LogP contribution is 2.24. The highest BCUT2D eigenvalue weighted by Gasteiger charge is 2.29. The van der Waals surface area contributed by atoms with Crippen molar-refractivity contribution in [1.29, 1.82) is 0 Å². The summed E-state index contributed by atoms with van der Waals surface area (Å²) in [5, 5.41) is 8.69. The fraction of sp³-hybridized carbons (Fsp3) is 0.412. The van der Waals surface area contributed by atoms with Gasteiger partial charge in [-0.2, -0.15) is 0 Å². The maximum absolute atomic E-state index is 12.0. The van der Waals surface area contributed by atoms with Crippen molar-refractivity contribution in [3.63, 3.8) is 0 Å². The van der Waals surface area contributed by atoms with Gasteiger partial charge in [0.1, 0.15) is 0 Å². The van der Waals surface area contributed by atoms with Gasteiger partial charge in [-0.25, -0.2) is 8.42 Å². The minimum atomic E-state index is -3.03. The van der Waals surface area contributed by atoms with Gasteiger partial charge < -0.3 is 4.42 Å². The summed E-state index contributed by atoms with van der Waals surface area (Å²) >= 11 is 1.15. The first-order chi connectivity index (χ1) is 13.9. The van der Waals surface area contributed by atoms with Gasteiger partial charge in [0.15, 0.2) is 20.8 Å². The Kier molecular flexibility index (Phi) is 6.75. The first-order valence-corrected chi connectivity index (χ1v) is 11.7. The lowest BCUT2D eigenvalue weighted by Crippen LogP contribution is -2.43. The summed E-state index contributed by atoms with van der Waals surface area (Å²) in [4.78, 5) is 23.9. The largest absolute Gasteiger partial charge is 0.461 e. The predicted molar refractivity (Wildman–Crippen MR) is 106 cm³/mol. The van der Waals surface area contributed by atoms with Crippen LogP contribution in [0.25, 0.3) is 11.6 Å². The number of hydrogen-bond acceptors (Lipinski definition) is 8. The molecule has 3 rings (SSSR count). The van der Waals surface area contributed by atoms with Gasteiger partial charge >= 0.3 is 0 Å². The zero-order valence-electron chi connectivity index (χ0n) is 15.5. The molecular weight excluding hydrogens is 418 g/mol. The van der Waals surface area contributed by atoms with Crippen molar-refractivity contribution >= 4 is 33.4 Å². The fourth-order valence-electron chi connectivity index (χ4n) is 2.93. The van der Waals surface area contributed by atoms with Gasteiger partial charge in [-0.1, -0.05) is 17.8 Å². The molecule has 0 aromatic carbocycles. The number of sulfone groups is 1. The summed E-state index contributed by atoms with van der Waals surface area (Å²) in [5.74, 6) is 0.167. The van der Waals surface area contributed by atoms with E-state index in [2.05, 4.69) is 27.6 Å². The molecule has 0 saturated carbocycles. The number of nitrogens with zero attached hydrogens (tertiary/aromatic N) is 3. The molecule has 1 atom stereocenters. The van der Waals surface area contributed by atoms with Gasteiger partial charge in [0.2, 0.25) is 17.6 Å². The van der Waals surface area contributed by atoms with Crippen molar-refractivity contribution in [1.82, 2.24) is 25.6 Å². The van der Waals surface area contributed by atoms with E-state index in [0.29, 0.717) is 29.7 Å². The first-order valence-electron chi connectivity index (χ1n) is 8.87. The number of allylic oxidation sites excluding steroid dienone is 1. The highest BCUT2D eigenvalue weighted by molar-refractivity contribution is 7.99. The number of aromatic nitrogens is 3. The third-order valence-corrected chi connectivity index (χ3v) is 7.05. The summed E-state index contributed by atoms with van der Waals surface area (Å²) in [6.07, 6.45) is 3.75. The Hall–Kier alpha value is -2.60. The van der Waals surface area contributed by atoms with E-state index in [1.165, 1.54) is 6.26 Å². The minimum Gasteiger partial charge on any atom is -0.461 e. The second-order valence-corrected chi connectivity index (χ2v) is 9.71. The van der Waals surface area contributed by atoms with Crippen LogP contribution >= 0.6 is 11.8 Å². The van der Waals surface area contributed by atoms with Crippen molar-refractivity contribution in [2.45, 2.75) is 24.5 Å². The van der Waals surface area contributed by atoms with E-state index in [9.17, 15) is 18.0 Å². The maximum Gasteiger partial charge on any atom is 0.248 e. The number of furan rings is 1. The summed E-state index contributed by atoms with van der Waals surface area (Å²) < 4.78 is 30.0. The number of hydrazine groups is 1. The summed E-state index contributed by atoms with van der Waals surface area (Å²) in [6, 6.07) is 3.50. The Balaban J connectivity index is 1.48. The Morgan fingerprint density at radius 3 is 2.79 bits per heavy atom. The molecule has 10 nitrogen and oxygen atoms in total. The average Bonchev–Trinajstić information content (AvgIpc) is 3.39.